The lowest BCUT2D eigenvalue weighted by Gasteiger charge is -2.12. The summed E-state index contributed by atoms with van der Waals surface area (Å²) in [6.45, 7) is 2.17. The highest BCUT2D eigenvalue weighted by molar-refractivity contribution is 6.42. The van der Waals surface area contributed by atoms with Crippen molar-refractivity contribution in [2.45, 2.75) is 26.2 Å². The highest BCUT2D eigenvalue weighted by Crippen LogP contribution is 2.25. The van der Waals surface area contributed by atoms with Crippen LogP contribution in [0.25, 0.3) is 0 Å². The zero-order chi connectivity index (χ0) is 11.3. The van der Waals surface area contributed by atoms with Crippen LogP contribution in [0.1, 0.15) is 25.3 Å². The Hall–Kier alpha value is 0.0900. The molecule has 0 aliphatic rings. The maximum absolute atomic E-state index is 5.95. The molecular weight excluding hydrogens is 250 g/mol. The summed E-state index contributed by atoms with van der Waals surface area (Å²) < 4.78 is 0. The van der Waals surface area contributed by atoms with Gasteiger partial charge in [0, 0.05) is 5.88 Å². The first-order valence-corrected chi connectivity index (χ1v) is 6.46. The molecule has 0 N–H and O–H groups in total. The van der Waals surface area contributed by atoms with Crippen molar-refractivity contribution in [2.24, 2.45) is 5.92 Å². The van der Waals surface area contributed by atoms with Gasteiger partial charge in [-0.25, -0.2) is 0 Å². The zero-order valence-corrected chi connectivity index (χ0v) is 11.0. The molecule has 1 aromatic carbocycles. The molecule has 84 valence electrons. The molecule has 0 heterocycles. The first kappa shape index (κ1) is 13.2. The van der Waals surface area contributed by atoms with Crippen molar-refractivity contribution < 1.29 is 0 Å². The van der Waals surface area contributed by atoms with E-state index in [2.05, 4.69) is 6.92 Å². The number of rotatable bonds is 5. The molecule has 0 fully saturated rings. The predicted molar refractivity (Wildman–Crippen MR) is 69.3 cm³/mol. The minimum atomic E-state index is 0.536. The largest absolute Gasteiger partial charge is 0.126 e. The van der Waals surface area contributed by atoms with E-state index in [0.717, 1.165) is 12.8 Å². The molecule has 1 aromatic rings. The number of hydrogen-bond acceptors (Lipinski definition) is 0. The van der Waals surface area contributed by atoms with Gasteiger partial charge in [-0.05, 0) is 36.5 Å². The van der Waals surface area contributed by atoms with E-state index in [9.17, 15) is 0 Å². The van der Waals surface area contributed by atoms with Crippen molar-refractivity contribution in [1.29, 1.82) is 0 Å². The Kier molecular flexibility index (Phi) is 5.81. The van der Waals surface area contributed by atoms with Crippen LogP contribution in [-0.4, -0.2) is 5.88 Å². The molecule has 1 rings (SSSR count). The quantitative estimate of drug-likeness (QED) is 0.643. The van der Waals surface area contributed by atoms with Crippen molar-refractivity contribution in [3.8, 4) is 0 Å². The van der Waals surface area contributed by atoms with Crippen LogP contribution in [0.4, 0.5) is 0 Å². The molecular formula is C12H15Cl3. The fraction of sp³-hybridized carbons (Fsp3) is 0.500. The van der Waals surface area contributed by atoms with Gasteiger partial charge in [-0.15, -0.1) is 11.6 Å². The summed E-state index contributed by atoms with van der Waals surface area (Å²) in [5, 5.41) is 1.23. The van der Waals surface area contributed by atoms with E-state index < -0.39 is 0 Å². The molecule has 0 aliphatic heterocycles. The minimum absolute atomic E-state index is 0.536. The maximum atomic E-state index is 5.95. The number of halogens is 3. The van der Waals surface area contributed by atoms with Crippen LogP contribution in [0.3, 0.4) is 0 Å². The van der Waals surface area contributed by atoms with Gasteiger partial charge in [-0.2, -0.15) is 0 Å². The van der Waals surface area contributed by atoms with E-state index in [4.69, 9.17) is 34.8 Å². The third-order valence-corrected chi connectivity index (χ3v) is 3.60. The average molecular weight is 266 g/mol. The van der Waals surface area contributed by atoms with E-state index in [-0.39, 0.29) is 0 Å². The van der Waals surface area contributed by atoms with Crippen molar-refractivity contribution in [3.05, 3.63) is 33.8 Å². The summed E-state index contributed by atoms with van der Waals surface area (Å²) in [7, 11) is 0. The summed E-state index contributed by atoms with van der Waals surface area (Å²) in [4.78, 5) is 0. The molecule has 0 saturated carbocycles. The normalized spacial score (nSPS) is 12.8. The molecule has 0 spiro atoms. The van der Waals surface area contributed by atoms with Crippen LogP contribution in [0, 0.1) is 5.92 Å². The van der Waals surface area contributed by atoms with E-state index in [1.54, 1.807) is 0 Å². The Balaban J connectivity index is 2.66. The summed E-state index contributed by atoms with van der Waals surface area (Å²) in [6.07, 6.45) is 3.30. The first-order valence-electron chi connectivity index (χ1n) is 5.17. The average Bonchev–Trinajstić information content (AvgIpc) is 2.23. The van der Waals surface area contributed by atoms with Crippen molar-refractivity contribution in [3.63, 3.8) is 0 Å². The lowest BCUT2D eigenvalue weighted by Crippen LogP contribution is -2.05. The van der Waals surface area contributed by atoms with Crippen LogP contribution >= 0.6 is 34.8 Å². The van der Waals surface area contributed by atoms with Gasteiger partial charge in [0.1, 0.15) is 0 Å². The van der Waals surface area contributed by atoms with Crippen LogP contribution in [-0.2, 0) is 6.42 Å². The van der Waals surface area contributed by atoms with Crippen molar-refractivity contribution in [1.82, 2.24) is 0 Å². The fourth-order valence-corrected chi connectivity index (χ4v) is 2.23. The van der Waals surface area contributed by atoms with E-state index in [0.29, 0.717) is 21.8 Å². The second-order valence-electron chi connectivity index (χ2n) is 3.76. The number of alkyl halides is 1. The van der Waals surface area contributed by atoms with Crippen LogP contribution < -0.4 is 0 Å². The third-order valence-electron chi connectivity index (χ3n) is 2.42. The monoisotopic (exact) mass is 264 g/mol. The topological polar surface area (TPSA) is 0 Å². The summed E-state index contributed by atoms with van der Waals surface area (Å²) >= 11 is 17.7. The molecule has 1 unspecified atom stereocenters. The Bertz CT molecular complexity index is 310. The summed E-state index contributed by atoms with van der Waals surface area (Å²) in [6, 6.07) is 5.79. The minimum Gasteiger partial charge on any atom is -0.126 e. The summed E-state index contributed by atoms with van der Waals surface area (Å²) in [5.41, 5.74) is 1.21. The van der Waals surface area contributed by atoms with Crippen LogP contribution in [0.2, 0.25) is 10.0 Å². The lowest BCUT2D eigenvalue weighted by atomic mass is 9.97. The van der Waals surface area contributed by atoms with E-state index in [1.165, 1.54) is 12.0 Å². The van der Waals surface area contributed by atoms with Crippen LogP contribution in [0.15, 0.2) is 18.2 Å². The molecule has 0 amide bonds. The smallest absolute Gasteiger partial charge is 0.0595 e. The molecule has 0 aromatic heterocycles. The molecule has 0 radical (unpaired) electrons. The Morgan fingerprint density at radius 3 is 2.47 bits per heavy atom. The predicted octanol–water partition coefficient (Wildman–Crippen LogP) is 5.19. The standard InChI is InChI=1S/C12H15Cl3/c1-2-3-10(8-13)6-9-4-5-11(14)12(15)7-9/h4-5,7,10H,2-3,6,8H2,1H3. The van der Waals surface area contributed by atoms with Crippen molar-refractivity contribution in [2.75, 3.05) is 5.88 Å². The molecule has 3 heteroatoms. The second-order valence-corrected chi connectivity index (χ2v) is 4.88. The molecule has 0 nitrogen and oxygen atoms in total. The Labute approximate surface area is 107 Å². The molecule has 15 heavy (non-hydrogen) atoms. The Morgan fingerprint density at radius 1 is 1.20 bits per heavy atom. The first-order chi connectivity index (χ1) is 7.17. The molecule has 1 atom stereocenters. The zero-order valence-electron chi connectivity index (χ0n) is 8.77. The molecule has 0 aliphatic carbocycles. The summed E-state index contributed by atoms with van der Waals surface area (Å²) in [5.74, 6) is 1.24. The van der Waals surface area contributed by atoms with Gasteiger partial charge >= 0.3 is 0 Å². The van der Waals surface area contributed by atoms with Crippen molar-refractivity contribution >= 4 is 34.8 Å². The van der Waals surface area contributed by atoms with Gasteiger partial charge in [0.25, 0.3) is 0 Å². The van der Waals surface area contributed by atoms with Gasteiger partial charge in [0.15, 0.2) is 0 Å². The van der Waals surface area contributed by atoms with Gasteiger partial charge in [0.2, 0.25) is 0 Å². The van der Waals surface area contributed by atoms with Crippen LogP contribution in [0.5, 0.6) is 0 Å². The van der Waals surface area contributed by atoms with Gasteiger partial charge in [0.05, 0.1) is 10.0 Å². The SMILES string of the molecule is CCCC(CCl)Cc1ccc(Cl)c(Cl)c1. The van der Waals surface area contributed by atoms with Gasteiger partial charge < -0.3 is 0 Å². The highest BCUT2D eigenvalue weighted by Gasteiger charge is 2.08. The van der Waals surface area contributed by atoms with E-state index >= 15 is 0 Å². The highest BCUT2D eigenvalue weighted by atomic mass is 35.5. The lowest BCUT2D eigenvalue weighted by molar-refractivity contribution is 0.528. The number of hydrogen-bond donors (Lipinski definition) is 0. The number of benzene rings is 1. The van der Waals surface area contributed by atoms with Gasteiger partial charge in [-0.3, -0.25) is 0 Å². The molecule has 0 bridgehead atoms. The van der Waals surface area contributed by atoms with E-state index in [1.807, 2.05) is 18.2 Å². The maximum Gasteiger partial charge on any atom is 0.0595 e. The fourth-order valence-electron chi connectivity index (χ4n) is 1.64. The van der Waals surface area contributed by atoms with Gasteiger partial charge in [-0.1, -0.05) is 42.6 Å². The second kappa shape index (κ2) is 6.62. The Morgan fingerprint density at radius 2 is 1.93 bits per heavy atom. The molecule has 0 saturated heterocycles. The third kappa shape index (κ3) is 4.22.